The Morgan fingerprint density at radius 3 is 2.45 bits per heavy atom. The predicted molar refractivity (Wildman–Crippen MR) is 72.2 cm³/mol. The summed E-state index contributed by atoms with van der Waals surface area (Å²) in [4.78, 5) is 11.7. The molecule has 112 valence electrons. The highest BCUT2D eigenvalue weighted by molar-refractivity contribution is 5.94. The summed E-state index contributed by atoms with van der Waals surface area (Å²) in [6.45, 7) is 1.13. The summed E-state index contributed by atoms with van der Waals surface area (Å²) in [6.07, 6.45) is 2.60. The maximum atomic E-state index is 13.4. The molecule has 0 aromatic heterocycles. The van der Waals surface area contributed by atoms with Gasteiger partial charge in [-0.2, -0.15) is 0 Å². The molecule has 0 unspecified atom stereocenters. The van der Waals surface area contributed by atoms with Gasteiger partial charge in [-0.1, -0.05) is 0 Å². The molecule has 1 aromatic rings. The average molecular weight is 287 g/mol. The largest absolute Gasteiger partial charge is 0.385 e. The lowest BCUT2D eigenvalue weighted by Crippen LogP contribution is -2.25. The molecule has 4 N–H and O–H groups in total. The molecule has 0 saturated heterocycles. The number of ether oxygens (including phenoxy) is 1. The zero-order valence-corrected chi connectivity index (χ0v) is 11.3. The molecule has 5 nitrogen and oxygen atoms in total. The molecule has 0 fully saturated rings. The first-order valence-electron chi connectivity index (χ1n) is 6.33. The number of nitrogens with two attached hydrogens (primary N) is 1. The van der Waals surface area contributed by atoms with Crippen LogP contribution in [-0.2, 0) is 4.74 Å². The van der Waals surface area contributed by atoms with Gasteiger partial charge < -0.3 is 15.5 Å². The number of anilines is 1. The van der Waals surface area contributed by atoms with Gasteiger partial charge in [-0.05, 0) is 31.4 Å². The van der Waals surface area contributed by atoms with Crippen LogP contribution in [0.4, 0.5) is 14.5 Å². The highest BCUT2D eigenvalue weighted by Crippen LogP contribution is 2.19. The first-order chi connectivity index (χ1) is 9.60. The van der Waals surface area contributed by atoms with Crippen molar-refractivity contribution in [2.75, 3.05) is 25.7 Å². The highest BCUT2D eigenvalue weighted by Gasteiger charge is 2.14. The fraction of sp³-hybridized carbons (Fsp3) is 0.462. The van der Waals surface area contributed by atoms with Gasteiger partial charge in [0.2, 0.25) is 0 Å². The van der Waals surface area contributed by atoms with E-state index in [1.165, 1.54) is 0 Å². The Balaban J connectivity index is 2.48. The topological polar surface area (TPSA) is 76.4 Å². The lowest BCUT2D eigenvalue weighted by Gasteiger charge is -2.08. The summed E-state index contributed by atoms with van der Waals surface area (Å²) in [7, 11) is 1.63. The highest BCUT2D eigenvalue weighted by atomic mass is 19.1. The van der Waals surface area contributed by atoms with Crippen molar-refractivity contribution in [1.29, 1.82) is 0 Å². The minimum atomic E-state index is -0.905. The number of methoxy groups -OCH3 is 1. The van der Waals surface area contributed by atoms with Crippen molar-refractivity contribution in [2.45, 2.75) is 19.3 Å². The Kier molecular flexibility index (Phi) is 6.89. The molecule has 0 saturated carbocycles. The molecule has 1 aromatic carbocycles. The van der Waals surface area contributed by atoms with Gasteiger partial charge >= 0.3 is 0 Å². The summed E-state index contributed by atoms with van der Waals surface area (Å²) in [5.41, 5.74) is 1.38. The zero-order chi connectivity index (χ0) is 15.0. The maximum absolute atomic E-state index is 13.4. The fourth-order valence-electron chi connectivity index (χ4n) is 1.69. The molecule has 0 atom stereocenters. The van der Waals surface area contributed by atoms with Crippen molar-refractivity contribution in [1.82, 2.24) is 5.32 Å². The first-order valence-corrected chi connectivity index (χ1v) is 6.33. The average Bonchev–Trinajstić information content (AvgIpc) is 2.42. The molecule has 0 aliphatic heterocycles. The third-order valence-corrected chi connectivity index (χ3v) is 2.76. The van der Waals surface area contributed by atoms with Crippen LogP contribution in [0.1, 0.15) is 29.6 Å². The van der Waals surface area contributed by atoms with E-state index in [0.29, 0.717) is 13.2 Å². The molecule has 0 radical (unpaired) electrons. The molecule has 0 aliphatic rings. The number of rotatable bonds is 8. The smallest absolute Gasteiger partial charge is 0.251 e. The minimum Gasteiger partial charge on any atom is -0.385 e. The van der Waals surface area contributed by atoms with Gasteiger partial charge in [-0.3, -0.25) is 10.6 Å². The Bertz CT molecular complexity index is 432. The molecule has 0 bridgehead atoms. The van der Waals surface area contributed by atoms with Crippen molar-refractivity contribution < 1.29 is 18.3 Å². The van der Waals surface area contributed by atoms with Gasteiger partial charge in [0.1, 0.15) is 5.69 Å². The number of hydrogen-bond donors (Lipinski definition) is 3. The van der Waals surface area contributed by atoms with E-state index >= 15 is 0 Å². The summed E-state index contributed by atoms with van der Waals surface area (Å²) in [5.74, 6) is 2.65. The van der Waals surface area contributed by atoms with Crippen LogP contribution in [0.25, 0.3) is 0 Å². The van der Waals surface area contributed by atoms with Crippen molar-refractivity contribution in [2.24, 2.45) is 5.84 Å². The van der Waals surface area contributed by atoms with E-state index in [9.17, 15) is 13.6 Å². The van der Waals surface area contributed by atoms with E-state index < -0.39 is 23.2 Å². The number of hydrazine groups is 1. The van der Waals surface area contributed by atoms with Crippen LogP contribution in [0.15, 0.2) is 12.1 Å². The third kappa shape index (κ3) is 4.75. The lowest BCUT2D eigenvalue weighted by molar-refractivity contribution is 0.0951. The monoisotopic (exact) mass is 287 g/mol. The molecule has 0 heterocycles. The molecule has 1 rings (SSSR count). The standard InChI is InChI=1S/C13H19F2N3O2/c1-20-6-4-2-3-5-17-13(19)9-7-10(14)12(18-16)11(15)8-9/h7-8,18H,2-6,16H2,1H3,(H,17,19). The molecule has 20 heavy (non-hydrogen) atoms. The first kappa shape index (κ1) is 16.3. The zero-order valence-electron chi connectivity index (χ0n) is 11.3. The number of carbonyl (C=O) groups excluding carboxylic acids is 1. The Morgan fingerprint density at radius 2 is 1.90 bits per heavy atom. The molecule has 7 heteroatoms. The normalized spacial score (nSPS) is 10.4. The number of nitrogens with one attached hydrogen (secondary N) is 2. The van der Waals surface area contributed by atoms with Crippen LogP contribution < -0.4 is 16.6 Å². The van der Waals surface area contributed by atoms with E-state index in [4.69, 9.17) is 10.6 Å². The van der Waals surface area contributed by atoms with Crippen LogP contribution in [0.2, 0.25) is 0 Å². The number of nitrogen functional groups attached to an aromatic ring is 1. The predicted octanol–water partition coefficient (Wildman–Crippen LogP) is 1.80. The van der Waals surface area contributed by atoms with E-state index in [1.807, 2.05) is 5.43 Å². The molecule has 0 spiro atoms. The molecule has 0 aliphatic carbocycles. The second kappa shape index (κ2) is 8.44. The summed E-state index contributed by atoms with van der Waals surface area (Å²) in [5, 5.41) is 2.60. The number of unbranched alkanes of at least 4 members (excludes halogenated alkanes) is 2. The van der Waals surface area contributed by atoms with E-state index in [1.54, 1.807) is 7.11 Å². The summed E-state index contributed by atoms with van der Waals surface area (Å²) in [6, 6.07) is 1.89. The van der Waals surface area contributed by atoms with E-state index in [0.717, 1.165) is 31.4 Å². The van der Waals surface area contributed by atoms with Crippen LogP contribution in [-0.4, -0.2) is 26.2 Å². The van der Waals surface area contributed by atoms with Crippen molar-refractivity contribution in [3.05, 3.63) is 29.3 Å². The Hall–Kier alpha value is -1.73. The molecular formula is C13H19F2N3O2. The Labute approximate surface area is 116 Å². The quantitative estimate of drug-likeness (QED) is 0.387. The van der Waals surface area contributed by atoms with Gasteiger partial charge in [0.25, 0.3) is 5.91 Å². The minimum absolute atomic E-state index is 0.0732. The number of halogens is 2. The number of hydrogen-bond acceptors (Lipinski definition) is 4. The SMILES string of the molecule is COCCCCCNC(=O)c1cc(F)c(NN)c(F)c1. The Morgan fingerprint density at radius 1 is 1.25 bits per heavy atom. The summed E-state index contributed by atoms with van der Waals surface area (Å²) >= 11 is 0. The van der Waals surface area contributed by atoms with Gasteiger partial charge in [0.15, 0.2) is 11.6 Å². The van der Waals surface area contributed by atoms with E-state index in [2.05, 4.69) is 5.32 Å². The van der Waals surface area contributed by atoms with Crippen molar-refractivity contribution in [3.63, 3.8) is 0 Å². The second-order valence-corrected chi connectivity index (χ2v) is 4.27. The van der Waals surface area contributed by atoms with Gasteiger partial charge in [0.05, 0.1) is 0 Å². The van der Waals surface area contributed by atoms with Crippen LogP contribution in [0.3, 0.4) is 0 Å². The molecular weight excluding hydrogens is 268 g/mol. The molecule has 1 amide bonds. The third-order valence-electron chi connectivity index (χ3n) is 2.76. The van der Waals surface area contributed by atoms with Crippen LogP contribution >= 0.6 is 0 Å². The maximum Gasteiger partial charge on any atom is 0.251 e. The number of carbonyl (C=O) groups is 1. The van der Waals surface area contributed by atoms with Gasteiger partial charge in [-0.25, -0.2) is 8.78 Å². The summed E-state index contributed by atoms with van der Waals surface area (Å²) < 4.78 is 31.7. The van der Waals surface area contributed by atoms with Gasteiger partial charge in [0, 0.05) is 25.8 Å². The van der Waals surface area contributed by atoms with Crippen molar-refractivity contribution in [3.8, 4) is 0 Å². The van der Waals surface area contributed by atoms with Crippen molar-refractivity contribution >= 4 is 11.6 Å². The van der Waals surface area contributed by atoms with Crippen LogP contribution in [0, 0.1) is 11.6 Å². The second-order valence-electron chi connectivity index (χ2n) is 4.27. The van der Waals surface area contributed by atoms with Gasteiger partial charge in [-0.15, -0.1) is 0 Å². The van der Waals surface area contributed by atoms with Crippen LogP contribution in [0.5, 0.6) is 0 Å². The lowest BCUT2D eigenvalue weighted by atomic mass is 10.1. The number of amides is 1. The number of benzene rings is 1. The fourth-order valence-corrected chi connectivity index (χ4v) is 1.69. The van der Waals surface area contributed by atoms with E-state index in [-0.39, 0.29) is 5.56 Å².